The van der Waals surface area contributed by atoms with Crippen molar-refractivity contribution in [3.05, 3.63) is 65.5 Å². The molecular formula is C24H26F2N4O2. The van der Waals surface area contributed by atoms with Crippen LogP contribution in [0.25, 0.3) is 5.52 Å². The van der Waals surface area contributed by atoms with Gasteiger partial charge in [-0.1, -0.05) is 0 Å². The number of benzene rings is 1. The first-order chi connectivity index (χ1) is 15.5. The average molecular weight is 440 g/mol. The van der Waals surface area contributed by atoms with Gasteiger partial charge >= 0.3 is 0 Å². The van der Waals surface area contributed by atoms with Crippen LogP contribution in [-0.4, -0.2) is 45.7 Å². The highest BCUT2D eigenvalue weighted by atomic mass is 19.1. The Labute approximate surface area is 184 Å². The van der Waals surface area contributed by atoms with Crippen LogP contribution < -0.4 is 10.2 Å². The lowest BCUT2D eigenvalue weighted by Gasteiger charge is -2.27. The van der Waals surface area contributed by atoms with E-state index >= 15 is 0 Å². The van der Waals surface area contributed by atoms with Gasteiger partial charge in [0.05, 0.1) is 35.5 Å². The van der Waals surface area contributed by atoms with E-state index in [0.29, 0.717) is 42.6 Å². The van der Waals surface area contributed by atoms with Crippen LogP contribution in [0.4, 0.5) is 14.5 Å². The van der Waals surface area contributed by atoms with E-state index in [1.165, 1.54) is 12.1 Å². The Hall–Kier alpha value is -2.84. The number of fused-ring (bicyclic) bond motifs is 1. The highest BCUT2D eigenvalue weighted by molar-refractivity contribution is 6.05. The summed E-state index contributed by atoms with van der Waals surface area (Å²) in [6, 6.07) is 6.63. The van der Waals surface area contributed by atoms with Crippen LogP contribution in [0.5, 0.6) is 0 Å². The molecule has 2 N–H and O–H groups in total. The van der Waals surface area contributed by atoms with Gasteiger partial charge in [0.25, 0.3) is 0 Å². The average Bonchev–Trinajstić information content (AvgIpc) is 3.38. The molecule has 2 fully saturated rings. The molecule has 0 spiro atoms. The maximum atomic E-state index is 14.5. The molecule has 0 amide bonds. The molecule has 32 heavy (non-hydrogen) atoms. The number of ketones is 1. The number of aromatic nitrogens is 2. The Kier molecular flexibility index (Phi) is 5.65. The topological polar surface area (TPSA) is 69.9 Å². The van der Waals surface area contributed by atoms with Gasteiger partial charge in [0.15, 0.2) is 5.78 Å². The maximum absolute atomic E-state index is 14.5. The summed E-state index contributed by atoms with van der Waals surface area (Å²) in [4.78, 5) is 15.3. The van der Waals surface area contributed by atoms with Crippen LogP contribution >= 0.6 is 0 Å². The van der Waals surface area contributed by atoms with Crippen molar-refractivity contribution < 1.29 is 18.7 Å². The first kappa shape index (κ1) is 21.0. The number of halogens is 2. The molecule has 168 valence electrons. The predicted molar refractivity (Wildman–Crippen MR) is 117 cm³/mol. The van der Waals surface area contributed by atoms with E-state index in [9.17, 15) is 18.7 Å². The molecule has 8 heteroatoms. The Bertz CT molecular complexity index is 1150. The van der Waals surface area contributed by atoms with Gasteiger partial charge in [0, 0.05) is 24.0 Å². The molecule has 1 aromatic carbocycles. The molecule has 6 nitrogen and oxygen atoms in total. The van der Waals surface area contributed by atoms with Crippen molar-refractivity contribution in [2.45, 2.75) is 50.3 Å². The van der Waals surface area contributed by atoms with Gasteiger partial charge in [-0.2, -0.15) is 5.10 Å². The number of hydrogen-bond acceptors (Lipinski definition) is 5. The number of rotatable bonds is 4. The number of pyridine rings is 1. The summed E-state index contributed by atoms with van der Waals surface area (Å²) in [5.74, 6) is -0.958. The molecule has 4 heterocycles. The van der Waals surface area contributed by atoms with E-state index in [1.54, 1.807) is 16.9 Å². The number of hydrogen-bond donors (Lipinski definition) is 2. The van der Waals surface area contributed by atoms with Gasteiger partial charge < -0.3 is 15.3 Å². The molecule has 3 aromatic rings. The summed E-state index contributed by atoms with van der Waals surface area (Å²) in [6.45, 7) is 1.40. The summed E-state index contributed by atoms with van der Waals surface area (Å²) in [5, 5.41) is 17.7. The smallest absolute Gasteiger partial charge is 0.183 e. The second-order valence-electron chi connectivity index (χ2n) is 8.69. The first-order valence-corrected chi connectivity index (χ1v) is 11.2. The van der Waals surface area contributed by atoms with Gasteiger partial charge in [0.1, 0.15) is 11.6 Å². The highest BCUT2D eigenvalue weighted by Crippen LogP contribution is 2.38. The number of aliphatic hydroxyl groups excluding tert-OH is 1. The molecule has 0 bridgehead atoms. The zero-order chi connectivity index (χ0) is 22.2. The van der Waals surface area contributed by atoms with E-state index in [2.05, 4.69) is 15.3 Å². The quantitative estimate of drug-likeness (QED) is 0.607. The number of carbonyl (C=O) groups is 1. The van der Waals surface area contributed by atoms with Crippen molar-refractivity contribution in [2.75, 3.05) is 18.0 Å². The summed E-state index contributed by atoms with van der Waals surface area (Å²) < 4.78 is 29.9. The molecule has 3 atom stereocenters. The fourth-order valence-corrected chi connectivity index (χ4v) is 4.98. The minimum absolute atomic E-state index is 0.0905. The molecule has 2 unspecified atom stereocenters. The van der Waals surface area contributed by atoms with Gasteiger partial charge in [-0.05, 0) is 69.0 Å². The largest absolute Gasteiger partial charge is 0.393 e. The van der Waals surface area contributed by atoms with Crippen LogP contribution in [0.3, 0.4) is 0 Å². The minimum atomic E-state index is -0.497. The van der Waals surface area contributed by atoms with Crippen molar-refractivity contribution in [1.29, 1.82) is 0 Å². The Morgan fingerprint density at radius 3 is 2.91 bits per heavy atom. The first-order valence-electron chi connectivity index (χ1n) is 11.2. The Morgan fingerprint density at radius 2 is 2.03 bits per heavy atom. The number of anilines is 1. The summed E-state index contributed by atoms with van der Waals surface area (Å²) in [7, 11) is 0. The molecule has 0 radical (unpaired) electrons. The monoisotopic (exact) mass is 440 g/mol. The van der Waals surface area contributed by atoms with Crippen LogP contribution in [0, 0.1) is 11.6 Å². The van der Waals surface area contributed by atoms with Gasteiger partial charge in [0.2, 0.25) is 0 Å². The van der Waals surface area contributed by atoms with E-state index < -0.39 is 23.8 Å². The van der Waals surface area contributed by atoms with Crippen molar-refractivity contribution >= 4 is 17.0 Å². The zero-order valence-corrected chi connectivity index (χ0v) is 17.7. The summed E-state index contributed by atoms with van der Waals surface area (Å²) in [6.07, 6.45) is 6.33. The number of Topliss-reactive ketones (excluding diaryl/α,β-unsaturated/α-hetero) is 1. The maximum Gasteiger partial charge on any atom is 0.183 e. The van der Waals surface area contributed by atoms with Crippen molar-refractivity contribution in [2.24, 2.45) is 0 Å². The number of nitrogens with zero attached hydrogens (tertiary/aromatic N) is 3. The summed E-state index contributed by atoms with van der Waals surface area (Å²) in [5.41, 5.74) is 2.35. The SMILES string of the molecule is O=C(c1cnn2ccc(N3CCC[C@@H]3c3cc(F)ccc3F)cc12)C1CC(O)CCCN1. The third-order valence-electron chi connectivity index (χ3n) is 6.60. The standard InChI is InChI=1S/C24H26F2N4O2/c25-15-5-6-20(26)18(11-15)22-4-2-9-29(22)16-7-10-30-23(12-16)19(14-28-30)24(32)21-13-17(31)3-1-8-27-21/h5-7,10-12,14,17,21-22,27,31H,1-4,8-9,13H2/t17?,21?,22-/m1/s1. The molecular weight excluding hydrogens is 414 g/mol. The van der Waals surface area contributed by atoms with Gasteiger partial charge in [-0.15, -0.1) is 0 Å². The lowest BCUT2D eigenvalue weighted by atomic mass is 9.99. The second kappa shape index (κ2) is 8.60. The second-order valence-corrected chi connectivity index (χ2v) is 8.69. The Morgan fingerprint density at radius 1 is 1.16 bits per heavy atom. The summed E-state index contributed by atoms with van der Waals surface area (Å²) >= 11 is 0. The van der Waals surface area contributed by atoms with E-state index in [-0.39, 0.29) is 11.8 Å². The van der Waals surface area contributed by atoms with E-state index in [0.717, 1.165) is 31.0 Å². The van der Waals surface area contributed by atoms with Crippen molar-refractivity contribution in [3.63, 3.8) is 0 Å². The van der Waals surface area contributed by atoms with Crippen LogP contribution in [-0.2, 0) is 0 Å². The minimum Gasteiger partial charge on any atom is -0.393 e. The third-order valence-corrected chi connectivity index (χ3v) is 6.60. The fraction of sp³-hybridized carbons (Fsp3) is 0.417. The fourth-order valence-electron chi connectivity index (χ4n) is 4.98. The van der Waals surface area contributed by atoms with Gasteiger partial charge in [-0.25, -0.2) is 13.3 Å². The zero-order valence-electron chi connectivity index (χ0n) is 17.7. The predicted octanol–water partition coefficient (Wildman–Crippen LogP) is 3.64. The van der Waals surface area contributed by atoms with Crippen molar-refractivity contribution in [1.82, 2.24) is 14.9 Å². The molecule has 0 aliphatic carbocycles. The highest BCUT2D eigenvalue weighted by Gasteiger charge is 2.30. The lowest BCUT2D eigenvalue weighted by molar-refractivity contribution is 0.0892. The molecule has 2 aromatic heterocycles. The molecule has 2 aliphatic heterocycles. The molecule has 0 saturated carbocycles. The molecule has 5 rings (SSSR count). The number of nitrogens with one attached hydrogen (secondary N) is 1. The van der Waals surface area contributed by atoms with Crippen LogP contribution in [0.15, 0.2) is 42.7 Å². The van der Waals surface area contributed by atoms with E-state index in [4.69, 9.17) is 0 Å². The normalized spacial score (nSPS) is 24.1. The van der Waals surface area contributed by atoms with Crippen LogP contribution in [0.2, 0.25) is 0 Å². The van der Waals surface area contributed by atoms with E-state index in [1.807, 2.05) is 12.1 Å². The Balaban J connectivity index is 1.48. The number of carbonyl (C=O) groups excluding carboxylic acids is 1. The number of aliphatic hydroxyl groups is 1. The van der Waals surface area contributed by atoms with Crippen molar-refractivity contribution in [3.8, 4) is 0 Å². The molecule has 2 saturated heterocycles. The lowest BCUT2D eigenvalue weighted by Crippen LogP contribution is -2.37. The van der Waals surface area contributed by atoms with Gasteiger partial charge in [-0.3, -0.25) is 4.79 Å². The van der Waals surface area contributed by atoms with Crippen LogP contribution in [0.1, 0.15) is 54.1 Å². The molecule has 2 aliphatic rings. The third kappa shape index (κ3) is 3.89.